The number of aromatic nitrogens is 1. The van der Waals surface area contributed by atoms with E-state index in [0.717, 1.165) is 11.3 Å². The van der Waals surface area contributed by atoms with Gasteiger partial charge in [-0.25, -0.2) is 4.99 Å². The number of piperidine rings is 1. The Morgan fingerprint density at radius 2 is 1.93 bits per heavy atom. The fraction of sp³-hybridized carbons (Fsp3) is 0.263. The molecule has 0 saturated carbocycles. The molecule has 2 aliphatic heterocycles. The highest BCUT2D eigenvalue weighted by Crippen LogP contribution is 2.33. The number of hydrogen-bond acceptors (Lipinski definition) is 6. The van der Waals surface area contributed by atoms with Gasteiger partial charge in [-0.05, 0) is 30.3 Å². The number of amidine groups is 1. The molecule has 0 atom stereocenters. The highest BCUT2D eigenvalue weighted by atomic mass is 35.5. The van der Waals surface area contributed by atoms with Crippen molar-refractivity contribution in [3.63, 3.8) is 0 Å². The Morgan fingerprint density at radius 3 is 2.59 bits per heavy atom. The lowest BCUT2D eigenvalue weighted by molar-refractivity contribution is 0.0685. The van der Waals surface area contributed by atoms with Crippen LogP contribution >= 0.6 is 12.4 Å². The number of rotatable bonds is 1. The number of nitrogens with two attached hydrogens (primary N) is 1. The number of carbonyl (C=O) groups is 1. The second-order valence-corrected chi connectivity index (χ2v) is 6.56. The van der Waals surface area contributed by atoms with Crippen LogP contribution < -0.4 is 11.1 Å². The van der Waals surface area contributed by atoms with Crippen molar-refractivity contribution < 1.29 is 4.79 Å². The lowest BCUT2D eigenvalue weighted by Gasteiger charge is -2.42. The SMILES string of the molecule is Cl.N#Cc1ccc(C(=O)N2CCC3(CC2)N=C(N)c2ccncc2N3)cc1. The molecule has 1 aromatic heterocycles. The first-order valence-electron chi connectivity index (χ1n) is 8.48. The van der Waals surface area contributed by atoms with Gasteiger partial charge in [-0.2, -0.15) is 5.26 Å². The zero-order chi connectivity index (χ0) is 18.1. The minimum atomic E-state index is -0.485. The molecule has 4 rings (SSSR count). The van der Waals surface area contributed by atoms with Gasteiger partial charge in [-0.1, -0.05) is 0 Å². The molecule has 8 heteroatoms. The number of nitriles is 1. The van der Waals surface area contributed by atoms with Crippen molar-refractivity contribution >= 4 is 29.8 Å². The number of anilines is 1. The maximum absolute atomic E-state index is 12.7. The minimum absolute atomic E-state index is 0. The quantitative estimate of drug-likeness (QED) is 0.785. The topological polar surface area (TPSA) is 107 Å². The van der Waals surface area contributed by atoms with E-state index in [1.165, 1.54) is 0 Å². The smallest absolute Gasteiger partial charge is 0.253 e. The molecule has 7 nitrogen and oxygen atoms in total. The fourth-order valence-corrected chi connectivity index (χ4v) is 3.47. The molecular weight excluding hydrogens is 364 g/mol. The highest BCUT2D eigenvalue weighted by Gasteiger charge is 2.38. The summed E-state index contributed by atoms with van der Waals surface area (Å²) >= 11 is 0. The summed E-state index contributed by atoms with van der Waals surface area (Å²) in [4.78, 5) is 23.3. The summed E-state index contributed by atoms with van der Waals surface area (Å²) in [6.45, 7) is 1.16. The molecule has 1 amide bonds. The average Bonchev–Trinajstić information content (AvgIpc) is 2.68. The molecule has 0 aliphatic carbocycles. The zero-order valence-corrected chi connectivity index (χ0v) is 15.4. The van der Waals surface area contributed by atoms with E-state index in [2.05, 4.69) is 21.4 Å². The Morgan fingerprint density at radius 1 is 1.22 bits per heavy atom. The number of aliphatic imine (C=N–C) groups is 1. The summed E-state index contributed by atoms with van der Waals surface area (Å²) in [5.74, 6) is 0.479. The summed E-state index contributed by atoms with van der Waals surface area (Å²) < 4.78 is 0. The number of pyridine rings is 1. The zero-order valence-electron chi connectivity index (χ0n) is 14.6. The number of carbonyl (C=O) groups excluding carboxylic acids is 1. The van der Waals surface area contributed by atoms with Gasteiger partial charge in [0.15, 0.2) is 0 Å². The Labute approximate surface area is 163 Å². The van der Waals surface area contributed by atoms with Crippen LogP contribution in [0.5, 0.6) is 0 Å². The number of likely N-dealkylation sites (tertiary alicyclic amines) is 1. The summed E-state index contributed by atoms with van der Waals surface area (Å²) in [5.41, 5.74) is 8.54. The predicted octanol–water partition coefficient (Wildman–Crippen LogP) is 2.14. The standard InChI is InChI=1S/C19H18N6O.ClH/c20-11-13-1-3-14(4-2-13)18(26)25-9-6-19(7-10-25)23-16-12-22-8-5-15(16)17(21)24-19;/h1-5,8,12,23H,6-7,9-10H2,(H2,21,24);1H. The van der Waals surface area contributed by atoms with Crippen molar-refractivity contribution in [2.45, 2.75) is 18.5 Å². The van der Waals surface area contributed by atoms with E-state index in [1.807, 2.05) is 11.0 Å². The Balaban J connectivity index is 0.00000210. The number of benzene rings is 1. The normalized spacial score (nSPS) is 17.0. The molecule has 3 heterocycles. The highest BCUT2D eigenvalue weighted by molar-refractivity contribution is 6.04. The van der Waals surface area contributed by atoms with Gasteiger partial charge in [0.25, 0.3) is 5.91 Å². The van der Waals surface area contributed by atoms with Crippen molar-refractivity contribution in [2.24, 2.45) is 10.7 Å². The van der Waals surface area contributed by atoms with Crippen LogP contribution in [0.3, 0.4) is 0 Å². The van der Waals surface area contributed by atoms with E-state index in [-0.39, 0.29) is 18.3 Å². The molecule has 3 N–H and O–H groups in total. The molecule has 0 bridgehead atoms. The number of nitrogens with zero attached hydrogens (tertiary/aromatic N) is 4. The van der Waals surface area contributed by atoms with E-state index >= 15 is 0 Å². The lowest BCUT2D eigenvalue weighted by atomic mass is 9.93. The third-order valence-corrected chi connectivity index (χ3v) is 4.94. The Hall–Kier alpha value is -3.11. The monoisotopic (exact) mass is 382 g/mol. The van der Waals surface area contributed by atoms with Crippen molar-refractivity contribution in [3.05, 3.63) is 59.4 Å². The van der Waals surface area contributed by atoms with Crippen LogP contribution in [-0.2, 0) is 0 Å². The van der Waals surface area contributed by atoms with Crippen LogP contribution in [0.2, 0.25) is 0 Å². The van der Waals surface area contributed by atoms with Gasteiger partial charge >= 0.3 is 0 Å². The molecule has 2 aromatic rings. The van der Waals surface area contributed by atoms with Gasteiger partial charge < -0.3 is 16.0 Å². The second kappa shape index (κ2) is 7.25. The third-order valence-electron chi connectivity index (χ3n) is 4.94. The molecular formula is C19H19ClN6O. The van der Waals surface area contributed by atoms with Gasteiger partial charge in [0.05, 0.1) is 23.5 Å². The van der Waals surface area contributed by atoms with Crippen LogP contribution in [-0.4, -0.2) is 40.4 Å². The van der Waals surface area contributed by atoms with Gasteiger partial charge in [0.2, 0.25) is 0 Å². The lowest BCUT2D eigenvalue weighted by Crippen LogP contribution is -2.52. The van der Waals surface area contributed by atoms with Gasteiger partial charge in [0.1, 0.15) is 11.5 Å². The Kier molecular flexibility index (Phi) is 5.02. The second-order valence-electron chi connectivity index (χ2n) is 6.56. The number of halogens is 1. The van der Waals surface area contributed by atoms with Crippen molar-refractivity contribution in [1.82, 2.24) is 9.88 Å². The van der Waals surface area contributed by atoms with Crippen molar-refractivity contribution in [1.29, 1.82) is 5.26 Å². The molecule has 0 unspecified atom stereocenters. The van der Waals surface area contributed by atoms with E-state index in [4.69, 9.17) is 11.0 Å². The average molecular weight is 383 g/mol. The molecule has 2 aliphatic rings. The maximum Gasteiger partial charge on any atom is 0.253 e. The Bertz CT molecular complexity index is 926. The van der Waals surface area contributed by atoms with E-state index in [1.54, 1.807) is 36.7 Å². The fourth-order valence-electron chi connectivity index (χ4n) is 3.47. The molecule has 1 fully saturated rings. The van der Waals surface area contributed by atoms with E-state index < -0.39 is 5.66 Å². The number of hydrogen-bond donors (Lipinski definition) is 2. The first-order valence-corrected chi connectivity index (χ1v) is 8.48. The predicted molar refractivity (Wildman–Crippen MR) is 105 cm³/mol. The minimum Gasteiger partial charge on any atom is -0.383 e. The molecule has 27 heavy (non-hydrogen) atoms. The van der Waals surface area contributed by atoms with Crippen LogP contribution in [0.1, 0.15) is 34.3 Å². The molecule has 1 spiro atoms. The third kappa shape index (κ3) is 3.44. The van der Waals surface area contributed by atoms with Gasteiger partial charge in [-0.15, -0.1) is 12.4 Å². The molecule has 138 valence electrons. The van der Waals surface area contributed by atoms with E-state index in [0.29, 0.717) is 42.9 Å². The molecule has 0 radical (unpaired) electrons. The first-order chi connectivity index (χ1) is 12.6. The molecule has 1 saturated heterocycles. The largest absolute Gasteiger partial charge is 0.383 e. The van der Waals surface area contributed by atoms with Crippen LogP contribution in [0.15, 0.2) is 47.7 Å². The number of nitrogens with one attached hydrogen (secondary N) is 1. The summed E-state index contributed by atoms with van der Waals surface area (Å²) in [5, 5.41) is 12.3. The number of amides is 1. The number of fused-ring (bicyclic) bond motifs is 1. The van der Waals surface area contributed by atoms with E-state index in [9.17, 15) is 4.79 Å². The summed E-state index contributed by atoms with van der Waals surface area (Å²) in [6, 6.07) is 10.6. The van der Waals surface area contributed by atoms with Gasteiger partial charge in [0, 0.05) is 43.3 Å². The summed E-state index contributed by atoms with van der Waals surface area (Å²) in [6.07, 6.45) is 4.79. The van der Waals surface area contributed by atoms with Crippen LogP contribution in [0.4, 0.5) is 5.69 Å². The van der Waals surface area contributed by atoms with Crippen LogP contribution in [0, 0.1) is 11.3 Å². The van der Waals surface area contributed by atoms with Crippen molar-refractivity contribution in [2.75, 3.05) is 18.4 Å². The molecule has 1 aromatic carbocycles. The van der Waals surface area contributed by atoms with Crippen molar-refractivity contribution in [3.8, 4) is 6.07 Å². The maximum atomic E-state index is 12.7. The van der Waals surface area contributed by atoms with Gasteiger partial charge in [-0.3, -0.25) is 9.78 Å². The summed E-state index contributed by atoms with van der Waals surface area (Å²) in [7, 11) is 0. The first kappa shape index (κ1) is 18.7. The van der Waals surface area contributed by atoms with Crippen LogP contribution in [0.25, 0.3) is 0 Å².